The van der Waals surface area contributed by atoms with E-state index in [-0.39, 0.29) is 47.2 Å². The molecule has 0 aromatic heterocycles. The Labute approximate surface area is 196 Å². The Morgan fingerprint density at radius 2 is 1.81 bits per heavy atom. The molecule has 1 heterocycles. The fraction of sp³-hybridized carbons (Fsp3) is 0.350. The molecule has 0 spiro atoms. The number of morpholine rings is 1. The van der Waals surface area contributed by atoms with Crippen LogP contribution in [0, 0.1) is 0 Å². The molecule has 0 bridgehead atoms. The van der Waals surface area contributed by atoms with Crippen LogP contribution < -0.4 is 10.6 Å². The topological polar surface area (TPSA) is 87.7 Å². The molecule has 3 rings (SSSR count). The third kappa shape index (κ3) is 6.10. The molecule has 7 nitrogen and oxygen atoms in total. The number of hydrogen-bond donors (Lipinski definition) is 2. The highest BCUT2D eigenvalue weighted by atomic mass is 35.5. The maximum atomic E-state index is 12.8. The van der Waals surface area contributed by atoms with Crippen molar-refractivity contribution in [1.82, 2.24) is 9.62 Å². The van der Waals surface area contributed by atoms with Gasteiger partial charge in [0.25, 0.3) is 0 Å². The zero-order valence-electron chi connectivity index (χ0n) is 16.7. The molecule has 0 unspecified atom stereocenters. The number of carbonyl (C=O) groups is 1. The SMILES string of the molecule is C[C@H](NCC(=O)Nc1cc(S(=O)(=O)N2CCOCC2)ccc1Cl)c1ccc(Cl)cc1Cl. The second-order valence-electron chi connectivity index (χ2n) is 6.97. The lowest BCUT2D eigenvalue weighted by Crippen LogP contribution is -2.40. The summed E-state index contributed by atoms with van der Waals surface area (Å²) in [6.07, 6.45) is 0. The molecule has 1 atom stereocenters. The molecule has 2 N–H and O–H groups in total. The van der Waals surface area contributed by atoms with Gasteiger partial charge in [-0.3, -0.25) is 4.79 Å². The van der Waals surface area contributed by atoms with Crippen LogP contribution in [0.2, 0.25) is 15.1 Å². The standard InChI is InChI=1S/C20H22Cl3N3O4S/c1-13(16-4-2-14(21)10-18(16)23)24-12-20(27)25-19-11-15(3-5-17(19)22)31(28,29)26-6-8-30-9-7-26/h2-5,10-11,13,24H,6-9,12H2,1H3,(H,25,27)/t13-/m0/s1. The maximum Gasteiger partial charge on any atom is 0.243 e. The van der Waals surface area contributed by atoms with E-state index >= 15 is 0 Å². The van der Waals surface area contributed by atoms with E-state index in [0.717, 1.165) is 5.56 Å². The quantitative estimate of drug-likeness (QED) is 0.594. The van der Waals surface area contributed by atoms with Crippen LogP contribution in [0.15, 0.2) is 41.3 Å². The number of ether oxygens (including phenoxy) is 1. The summed E-state index contributed by atoms with van der Waals surface area (Å²) in [5, 5.41) is 7.00. The summed E-state index contributed by atoms with van der Waals surface area (Å²) in [7, 11) is -3.70. The first-order valence-corrected chi connectivity index (χ1v) is 12.1. The number of amides is 1. The molecule has 168 valence electrons. The van der Waals surface area contributed by atoms with Gasteiger partial charge in [-0.2, -0.15) is 4.31 Å². The van der Waals surface area contributed by atoms with E-state index in [9.17, 15) is 13.2 Å². The van der Waals surface area contributed by atoms with Gasteiger partial charge in [-0.1, -0.05) is 40.9 Å². The van der Waals surface area contributed by atoms with E-state index in [1.807, 2.05) is 6.92 Å². The average Bonchev–Trinajstić information content (AvgIpc) is 2.74. The molecule has 1 aliphatic heterocycles. The number of sulfonamides is 1. The van der Waals surface area contributed by atoms with Crippen LogP contribution in [0.5, 0.6) is 0 Å². The highest BCUT2D eigenvalue weighted by Crippen LogP contribution is 2.28. The number of carbonyl (C=O) groups excluding carboxylic acids is 1. The second-order valence-corrected chi connectivity index (χ2v) is 10.2. The lowest BCUT2D eigenvalue weighted by Gasteiger charge is -2.26. The van der Waals surface area contributed by atoms with Gasteiger partial charge in [0.2, 0.25) is 15.9 Å². The first kappa shape index (κ1) is 24.3. The van der Waals surface area contributed by atoms with Crippen molar-refractivity contribution in [1.29, 1.82) is 0 Å². The Kier molecular flexibility index (Phi) is 8.20. The number of hydrogen-bond acceptors (Lipinski definition) is 5. The van der Waals surface area contributed by atoms with Crippen LogP contribution in [-0.2, 0) is 19.6 Å². The Morgan fingerprint density at radius 3 is 2.48 bits per heavy atom. The lowest BCUT2D eigenvalue weighted by atomic mass is 10.1. The van der Waals surface area contributed by atoms with Gasteiger partial charge >= 0.3 is 0 Å². The van der Waals surface area contributed by atoms with Crippen LogP contribution in [0.25, 0.3) is 0 Å². The fourth-order valence-electron chi connectivity index (χ4n) is 3.10. The highest BCUT2D eigenvalue weighted by molar-refractivity contribution is 7.89. The molecule has 11 heteroatoms. The van der Waals surface area contributed by atoms with Crippen molar-refractivity contribution in [2.45, 2.75) is 17.9 Å². The molecule has 31 heavy (non-hydrogen) atoms. The largest absolute Gasteiger partial charge is 0.379 e. The Balaban J connectivity index is 1.66. The van der Waals surface area contributed by atoms with Gasteiger partial charge in [0.1, 0.15) is 0 Å². The monoisotopic (exact) mass is 505 g/mol. The maximum absolute atomic E-state index is 12.8. The minimum atomic E-state index is -3.70. The van der Waals surface area contributed by atoms with Gasteiger partial charge in [0.15, 0.2) is 0 Å². The number of nitrogens with one attached hydrogen (secondary N) is 2. The molecule has 1 saturated heterocycles. The van der Waals surface area contributed by atoms with E-state index < -0.39 is 10.0 Å². The average molecular weight is 507 g/mol. The highest BCUT2D eigenvalue weighted by Gasteiger charge is 2.27. The van der Waals surface area contributed by atoms with Gasteiger partial charge in [-0.05, 0) is 42.8 Å². The smallest absolute Gasteiger partial charge is 0.243 e. The molecule has 2 aromatic rings. The molecule has 0 aliphatic carbocycles. The summed E-state index contributed by atoms with van der Waals surface area (Å²) in [4.78, 5) is 12.5. The van der Waals surface area contributed by atoms with E-state index in [0.29, 0.717) is 23.3 Å². The van der Waals surface area contributed by atoms with Gasteiger partial charge < -0.3 is 15.4 Å². The predicted molar refractivity (Wildman–Crippen MR) is 123 cm³/mol. The zero-order valence-corrected chi connectivity index (χ0v) is 19.8. The van der Waals surface area contributed by atoms with E-state index in [1.54, 1.807) is 18.2 Å². The summed E-state index contributed by atoms with van der Waals surface area (Å²) >= 11 is 18.3. The van der Waals surface area contributed by atoms with Crippen LogP contribution in [0.1, 0.15) is 18.5 Å². The zero-order chi connectivity index (χ0) is 22.6. The molecule has 2 aromatic carbocycles. The van der Waals surface area contributed by atoms with E-state index in [2.05, 4.69) is 10.6 Å². The van der Waals surface area contributed by atoms with Gasteiger partial charge in [-0.15, -0.1) is 0 Å². The van der Waals surface area contributed by atoms with Crippen LogP contribution in [0.4, 0.5) is 5.69 Å². The van der Waals surface area contributed by atoms with Crippen molar-refractivity contribution in [3.8, 4) is 0 Å². The minimum Gasteiger partial charge on any atom is -0.379 e. The summed E-state index contributed by atoms with van der Waals surface area (Å²) in [5.41, 5.74) is 1.02. The van der Waals surface area contributed by atoms with Gasteiger partial charge in [0, 0.05) is 29.2 Å². The molecule has 1 amide bonds. The predicted octanol–water partition coefficient (Wildman–Crippen LogP) is 3.96. The summed E-state index contributed by atoms with van der Waals surface area (Å²) in [6, 6.07) is 9.18. The molecule has 0 radical (unpaired) electrons. The summed E-state index contributed by atoms with van der Waals surface area (Å²) < 4.78 is 32.3. The molecule has 1 aliphatic rings. The first-order valence-electron chi connectivity index (χ1n) is 9.54. The number of nitrogens with zero attached hydrogens (tertiary/aromatic N) is 1. The molecular formula is C20H22Cl3N3O4S. The Morgan fingerprint density at radius 1 is 1.10 bits per heavy atom. The lowest BCUT2D eigenvalue weighted by molar-refractivity contribution is -0.115. The summed E-state index contributed by atoms with van der Waals surface area (Å²) in [5.74, 6) is -0.375. The third-order valence-electron chi connectivity index (χ3n) is 4.82. The third-order valence-corrected chi connectivity index (χ3v) is 7.60. The summed E-state index contributed by atoms with van der Waals surface area (Å²) in [6.45, 7) is 3.08. The van der Waals surface area contributed by atoms with Crippen LogP contribution in [0.3, 0.4) is 0 Å². The van der Waals surface area contributed by atoms with E-state index in [1.165, 1.54) is 22.5 Å². The minimum absolute atomic E-state index is 0.0309. The fourth-order valence-corrected chi connectivity index (χ4v) is 5.27. The van der Waals surface area contributed by atoms with E-state index in [4.69, 9.17) is 39.5 Å². The van der Waals surface area contributed by atoms with Gasteiger partial charge in [0.05, 0.1) is 35.4 Å². The van der Waals surface area contributed by atoms with Crippen LogP contribution in [-0.4, -0.2) is 51.5 Å². The Bertz CT molecular complexity index is 1060. The van der Waals surface area contributed by atoms with Crippen molar-refractivity contribution in [3.63, 3.8) is 0 Å². The molecule has 0 saturated carbocycles. The number of anilines is 1. The molecular weight excluding hydrogens is 485 g/mol. The van der Waals surface area contributed by atoms with Crippen molar-refractivity contribution in [2.75, 3.05) is 38.2 Å². The number of benzene rings is 2. The van der Waals surface area contributed by atoms with Crippen LogP contribution >= 0.6 is 34.8 Å². The van der Waals surface area contributed by atoms with Crippen molar-refractivity contribution in [3.05, 3.63) is 57.0 Å². The van der Waals surface area contributed by atoms with Gasteiger partial charge in [-0.25, -0.2) is 8.42 Å². The number of halogens is 3. The normalized spacial score (nSPS) is 16.1. The second kappa shape index (κ2) is 10.5. The van der Waals surface area contributed by atoms with Crippen molar-refractivity contribution in [2.24, 2.45) is 0 Å². The van der Waals surface area contributed by atoms with Crippen molar-refractivity contribution >= 4 is 56.4 Å². The molecule has 1 fully saturated rings. The number of rotatable bonds is 7. The Hall–Kier alpha value is -1.39. The first-order chi connectivity index (χ1) is 14.7. The van der Waals surface area contributed by atoms with Crippen molar-refractivity contribution < 1.29 is 17.9 Å².